The molecule has 1 aromatic carbocycles. The Morgan fingerprint density at radius 3 is 1.50 bits per heavy atom. The molecule has 7 nitrogen and oxygen atoms in total. The zero-order chi connectivity index (χ0) is 29.4. The van der Waals surface area contributed by atoms with Crippen LogP contribution in [0.4, 0.5) is 0 Å². The summed E-state index contributed by atoms with van der Waals surface area (Å²) in [6, 6.07) is 8.30. The number of hydrogen-bond donors (Lipinski definition) is 4. The molecule has 0 saturated carbocycles. The molecule has 0 aliphatic rings. The summed E-state index contributed by atoms with van der Waals surface area (Å²) in [7, 11) is 0. The molecule has 0 aliphatic heterocycles. The Bertz CT molecular complexity index is 641. The minimum atomic E-state index is -0.879. The topological polar surface area (TPSA) is 132 Å². The molecule has 0 amide bonds. The molecule has 222 valence electrons. The largest absolute Gasteiger partial charge is 0.481 e. The van der Waals surface area contributed by atoms with E-state index in [4.69, 9.17) is 20.4 Å². The quantitative estimate of drug-likeness (QED) is 0.137. The van der Waals surface area contributed by atoms with E-state index in [-0.39, 0.29) is 5.92 Å². The van der Waals surface area contributed by atoms with Crippen LogP contribution in [0.15, 0.2) is 30.3 Å². The molecule has 1 atom stereocenters. The number of aliphatic hydroxyl groups excluding tert-OH is 1. The molecule has 1 unspecified atom stereocenters. The van der Waals surface area contributed by atoms with Crippen molar-refractivity contribution in [2.24, 2.45) is 5.92 Å². The highest BCUT2D eigenvalue weighted by molar-refractivity contribution is 5.87. The summed E-state index contributed by atoms with van der Waals surface area (Å²) in [5.41, 5.74) is 0.331. The van der Waals surface area contributed by atoms with Crippen LogP contribution < -0.4 is 0 Å². The molecule has 0 fully saturated rings. The lowest BCUT2D eigenvalue weighted by Crippen LogP contribution is -2.11. The second-order valence-electron chi connectivity index (χ2n) is 9.31. The predicted molar refractivity (Wildman–Crippen MR) is 156 cm³/mol. The molecule has 0 aromatic heterocycles. The lowest BCUT2D eigenvalue weighted by molar-refractivity contribution is -0.142. The highest BCUT2D eigenvalue weighted by Gasteiger charge is 2.12. The van der Waals surface area contributed by atoms with Crippen LogP contribution in [-0.2, 0) is 9.59 Å². The van der Waals surface area contributed by atoms with Gasteiger partial charge in [-0.2, -0.15) is 0 Å². The molecule has 4 N–H and O–H groups in total. The molecular formula is C31H56O7. The third kappa shape index (κ3) is 33.6. The van der Waals surface area contributed by atoms with E-state index in [1.54, 1.807) is 30.3 Å². The van der Waals surface area contributed by atoms with Gasteiger partial charge in [0, 0.05) is 13.0 Å². The van der Waals surface area contributed by atoms with Crippen LogP contribution in [0.1, 0.15) is 141 Å². The Balaban J connectivity index is -0.000000430. The smallest absolute Gasteiger partial charge is 0.335 e. The maximum atomic E-state index is 10.4. The Kier molecular flexibility index (Phi) is 34.4. The molecule has 1 aromatic rings. The second kappa shape index (κ2) is 32.6. The van der Waals surface area contributed by atoms with Crippen molar-refractivity contribution < 1.29 is 34.8 Å². The summed E-state index contributed by atoms with van der Waals surface area (Å²) < 4.78 is 0. The van der Waals surface area contributed by atoms with Crippen molar-refractivity contribution in [3.05, 3.63) is 35.9 Å². The first kappa shape index (κ1) is 40.1. The zero-order valence-corrected chi connectivity index (χ0v) is 24.5. The van der Waals surface area contributed by atoms with Crippen LogP contribution in [0.25, 0.3) is 0 Å². The van der Waals surface area contributed by atoms with Gasteiger partial charge in [0.25, 0.3) is 0 Å². The van der Waals surface area contributed by atoms with Gasteiger partial charge in [0.05, 0.1) is 11.5 Å². The van der Waals surface area contributed by atoms with Crippen molar-refractivity contribution in [2.75, 3.05) is 6.61 Å². The Labute approximate surface area is 231 Å². The molecule has 38 heavy (non-hydrogen) atoms. The van der Waals surface area contributed by atoms with Crippen LogP contribution in [0.5, 0.6) is 0 Å². The summed E-state index contributed by atoms with van der Waals surface area (Å²) >= 11 is 0. The molecule has 0 bridgehead atoms. The van der Waals surface area contributed by atoms with Gasteiger partial charge in [-0.1, -0.05) is 117 Å². The number of aliphatic hydroxyl groups is 1. The van der Waals surface area contributed by atoms with Gasteiger partial charge in [0.15, 0.2) is 0 Å². The van der Waals surface area contributed by atoms with E-state index >= 15 is 0 Å². The Hall–Kier alpha value is -2.41. The van der Waals surface area contributed by atoms with Gasteiger partial charge in [-0.05, 0) is 37.8 Å². The van der Waals surface area contributed by atoms with Crippen LogP contribution in [-0.4, -0.2) is 44.9 Å². The van der Waals surface area contributed by atoms with Crippen molar-refractivity contribution in [3.63, 3.8) is 0 Å². The first-order valence-corrected chi connectivity index (χ1v) is 14.5. The number of rotatable bonds is 18. The van der Waals surface area contributed by atoms with Crippen molar-refractivity contribution in [1.29, 1.82) is 0 Å². The van der Waals surface area contributed by atoms with Crippen LogP contribution >= 0.6 is 0 Å². The number of carboxylic acid groups (broad SMARTS) is 3. The van der Waals surface area contributed by atoms with Crippen molar-refractivity contribution >= 4 is 17.9 Å². The Morgan fingerprint density at radius 1 is 0.658 bits per heavy atom. The van der Waals surface area contributed by atoms with Crippen LogP contribution in [0.3, 0.4) is 0 Å². The third-order valence-corrected chi connectivity index (χ3v) is 5.77. The predicted octanol–water partition coefficient (Wildman–Crippen LogP) is 8.44. The minimum Gasteiger partial charge on any atom is -0.481 e. The van der Waals surface area contributed by atoms with Gasteiger partial charge in [-0.3, -0.25) is 9.59 Å². The fourth-order valence-corrected chi connectivity index (χ4v) is 3.31. The standard InChI is InChI=1S/2C8H16O2.C8H18O.C7H6O2/c1-3-5-6-7(4-2)8(9)10;1-2-3-4-5-6-7-8(9)10;1-2-3-4-5-6-7-8-9;8-7(9)6-4-2-1-3-5-6/h7H,3-6H2,1-2H3,(H,9,10);2-7H2,1H3,(H,9,10);9H,2-8H2,1H3;1-5H,(H,8,9). The summed E-state index contributed by atoms with van der Waals surface area (Å²) in [5, 5.41) is 33.7. The molecule has 0 aliphatic carbocycles. The van der Waals surface area contributed by atoms with Gasteiger partial charge in [-0.25, -0.2) is 4.79 Å². The number of carbonyl (C=O) groups is 3. The highest BCUT2D eigenvalue weighted by Crippen LogP contribution is 2.11. The number of hydrogen-bond acceptors (Lipinski definition) is 4. The number of benzene rings is 1. The first-order chi connectivity index (χ1) is 18.2. The van der Waals surface area contributed by atoms with Gasteiger partial charge >= 0.3 is 17.9 Å². The van der Waals surface area contributed by atoms with Gasteiger partial charge in [-0.15, -0.1) is 0 Å². The monoisotopic (exact) mass is 540 g/mol. The van der Waals surface area contributed by atoms with E-state index in [1.165, 1.54) is 51.4 Å². The van der Waals surface area contributed by atoms with E-state index < -0.39 is 17.9 Å². The molecule has 0 spiro atoms. The number of unbranched alkanes of at least 4 members (excludes halogenated alkanes) is 10. The maximum Gasteiger partial charge on any atom is 0.335 e. The Morgan fingerprint density at radius 2 is 1.13 bits per heavy atom. The van der Waals surface area contributed by atoms with Gasteiger partial charge in [0.2, 0.25) is 0 Å². The fraction of sp³-hybridized carbons (Fsp3) is 0.710. The average molecular weight is 541 g/mol. The SMILES string of the molecule is CCCCC(CC)C(=O)O.CCCCCCCC(=O)O.CCCCCCCCO.O=C(O)c1ccccc1. The minimum absolute atomic E-state index is 0.111. The highest BCUT2D eigenvalue weighted by atomic mass is 16.4. The van der Waals surface area contributed by atoms with E-state index in [9.17, 15) is 14.4 Å². The molecule has 7 heteroatoms. The molecule has 0 saturated heterocycles. The summed E-state index contributed by atoms with van der Waals surface area (Å²) in [4.78, 5) is 30.7. The number of carboxylic acids is 3. The van der Waals surface area contributed by atoms with Gasteiger partial charge in [0.1, 0.15) is 0 Å². The third-order valence-electron chi connectivity index (χ3n) is 5.77. The summed E-state index contributed by atoms with van der Waals surface area (Å²) in [5.74, 6) is -2.30. The molecule has 1 rings (SSSR count). The van der Waals surface area contributed by atoms with Crippen LogP contribution in [0.2, 0.25) is 0 Å². The average Bonchev–Trinajstić information content (AvgIpc) is 2.90. The van der Waals surface area contributed by atoms with Crippen molar-refractivity contribution in [3.8, 4) is 0 Å². The first-order valence-electron chi connectivity index (χ1n) is 14.5. The van der Waals surface area contributed by atoms with Crippen LogP contribution in [0, 0.1) is 5.92 Å². The van der Waals surface area contributed by atoms with E-state index in [0.29, 0.717) is 18.6 Å². The fourth-order valence-electron chi connectivity index (χ4n) is 3.31. The molecule has 0 heterocycles. The summed E-state index contributed by atoms with van der Waals surface area (Å²) in [6.45, 7) is 8.73. The number of aliphatic carboxylic acids is 2. The van der Waals surface area contributed by atoms with E-state index in [1.807, 2.05) is 6.92 Å². The van der Waals surface area contributed by atoms with Crippen molar-refractivity contribution in [2.45, 2.75) is 130 Å². The zero-order valence-electron chi connectivity index (χ0n) is 24.5. The lowest BCUT2D eigenvalue weighted by atomic mass is 10.00. The molecular weight excluding hydrogens is 484 g/mol. The number of aromatic carboxylic acids is 1. The second-order valence-corrected chi connectivity index (χ2v) is 9.31. The molecule has 0 radical (unpaired) electrons. The normalized spacial score (nSPS) is 10.4. The van der Waals surface area contributed by atoms with E-state index in [2.05, 4.69) is 20.8 Å². The maximum absolute atomic E-state index is 10.4. The lowest BCUT2D eigenvalue weighted by Gasteiger charge is -2.06. The van der Waals surface area contributed by atoms with Crippen molar-refractivity contribution in [1.82, 2.24) is 0 Å². The summed E-state index contributed by atoms with van der Waals surface area (Å²) in [6.07, 6.45) is 17.1. The van der Waals surface area contributed by atoms with E-state index in [0.717, 1.165) is 44.9 Å². The van der Waals surface area contributed by atoms with Gasteiger partial charge < -0.3 is 20.4 Å².